The maximum absolute atomic E-state index is 6.95. The normalized spacial score (nSPS) is 11.5. The number of hydrogen-bond donors (Lipinski definition) is 2. The Labute approximate surface area is 220 Å². The van der Waals surface area contributed by atoms with E-state index in [9.17, 15) is 0 Å². The van der Waals surface area contributed by atoms with Gasteiger partial charge >= 0.3 is 17.6 Å². The molecule has 9 heteroatoms. The molecule has 4 aromatic carbocycles. The predicted octanol–water partition coefficient (Wildman–Crippen LogP) is 5.11. The van der Waals surface area contributed by atoms with Crippen molar-refractivity contribution in [2.45, 2.75) is 12.1 Å². The van der Waals surface area contributed by atoms with Crippen LogP contribution in [0.15, 0.2) is 121 Å². The molecular formula is C28H32N2O5Si2. The zero-order chi connectivity index (χ0) is 25.8. The zero-order valence-electron chi connectivity index (χ0n) is 20.6. The van der Waals surface area contributed by atoms with Gasteiger partial charge in [0.15, 0.2) is 0 Å². The van der Waals surface area contributed by atoms with Gasteiger partial charge in [-0.3, -0.25) is 0 Å². The summed E-state index contributed by atoms with van der Waals surface area (Å²) in [7, 11) is -7.25. The molecular weight excluding hydrogens is 500 g/mol. The van der Waals surface area contributed by atoms with Crippen LogP contribution in [-0.4, -0.2) is 30.7 Å². The SMILES string of the molecule is NCC[Si](Oc1ccccc1)(Oc1ccccc1)O[Si](CCN)(Oc1ccccc1)Oc1ccccc1. The van der Waals surface area contributed by atoms with Crippen LogP contribution in [0.25, 0.3) is 0 Å². The summed E-state index contributed by atoms with van der Waals surface area (Å²) in [5.41, 5.74) is 12.2. The Bertz CT molecular complexity index is 1010. The van der Waals surface area contributed by atoms with Gasteiger partial charge in [-0.2, -0.15) is 0 Å². The third kappa shape index (κ3) is 7.69. The number of hydrogen-bond acceptors (Lipinski definition) is 7. The number of rotatable bonds is 14. The number of para-hydroxylation sites is 4. The minimum Gasteiger partial charge on any atom is -0.492 e. The van der Waals surface area contributed by atoms with Crippen LogP contribution >= 0.6 is 0 Å². The second kappa shape index (κ2) is 13.1. The van der Waals surface area contributed by atoms with Crippen LogP contribution in [0.5, 0.6) is 23.0 Å². The molecule has 0 amide bonds. The summed E-state index contributed by atoms with van der Waals surface area (Å²) in [5, 5.41) is 0. The molecule has 0 fully saturated rings. The second-order valence-corrected chi connectivity index (χ2v) is 13.6. The first-order valence-corrected chi connectivity index (χ1v) is 16.1. The van der Waals surface area contributed by atoms with Gasteiger partial charge in [0.1, 0.15) is 23.0 Å². The van der Waals surface area contributed by atoms with Crippen LogP contribution in [0, 0.1) is 0 Å². The Morgan fingerprint density at radius 1 is 0.405 bits per heavy atom. The minimum absolute atomic E-state index is 0.273. The first kappa shape index (κ1) is 26.5. The van der Waals surface area contributed by atoms with Gasteiger partial charge in [-0.15, -0.1) is 0 Å². The summed E-state index contributed by atoms with van der Waals surface area (Å²) < 4.78 is 33.2. The van der Waals surface area contributed by atoms with Gasteiger partial charge in [-0.05, 0) is 61.6 Å². The lowest BCUT2D eigenvalue weighted by atomic mass is 10.3. The molecule has 0 atom stereocenters. The zero-order valence-corrected chi connectivity index (χ0v) is 22.6. The van der Waals surface area contributed by atoms with Crippen LogP contribution in [0.4, 0.5) is 0 Å². The first-order valence-electron chi connectivity index (χ1n) is 12.2. The average molecular weight is 533 g/mol. The van der Waals surface area contributed by atoms with Gasteiger partial charge in [-0.1, -0.05) is 72.8 Å². The summed E-state index contributed by atoms with van der Waals surface area (Å²) in [4.78, 5) is 0. The summed E-state index contributed by atoms with van der Waals surface area (Å²) in [5.74, 6) is 2.42. The lowest BCUT2D eigenvalue weighted by Crippen LogP contribution is -2.65. The number of benzene rings is 4. The third-order valence-corrected chi connectivity index (χ3v) is 11.8. The molecule has 0 aliphatic rings. The van der Waals surface area contributed by atoms with E-state index in [-0.39, 0.29) is 13.1 Å². The Balaban J connectivity index is 1.80. The van der Waals surface area contributed by atoms with Crippen LogP contribution in [0.3, 0.4) is 0 Å². The Morgan fingerprint density at radius 3 is 0.865 bits per heavy atom. The van der Waals surface area contributed by atoms with E-state index in [0.717, 1.165) is 0 Å². The van der Waals surface area contributed by atoms with Gasteiger partial charge in [0.25, 0.3) is 0 Å². The topological polar surface area (TPSA) is 98.2 Å². The highest BCUT2D eigenvalue weighted by Crippen LogP contribution is 2.31. The molecule has 0 unspecified atom stereocenters. The largest absolute Gasteiger partial charge is 0.627 e. The van der Waals surface area contributed by atoms with E-state index in [1.54, 1.807) is 0 Å². The predicted molar refractivity (Wildman–Crippen MR) is 149 cm³/mol. The highest BCUT2D eigenvalue weighted by molar-refractivity contribution is 6.76. The molecule has 192 valence electrons. The summed E-state index contributed by atoms with van der Waals surface area (Å²) in [6.45, 7) is 0.547. The molecule has 0 bridgehead atoms. The summed E-state index contributed by atoms with van der Waals surface area (Å²) in [6, 6.07) is 38.4. The summed E-state index contributed by atoms with van der Waals surface area (Å²) >= 11 is 0. The fourth-order valence-corrected chi connectivity index (χ4v) is 10.3. The van der Waals surface area contributed by atoms with E-state index in [4.69, 9.17) is 33.3 Å². The molecule has 0 aromatic heterocycles. The Hall–Kier alpha value is -3.61. The first-order chi connectivity index (χ1) is 18.1. The van der Waals surface area contributed by atoms with Crippen molar-refractivity contribution in [3.05, 3.63) is 121 Å². The van der Waals surface area contributed by atoms with Crippen LogP contribution in [0.2, 0.25) is 12.1 Å². The molecule has 0 aliphatic carbocycles. The molecule has 4 N–H and O–H groups in total. The van der Waals surface area contributed by atoms with Crippen molar-refractivity contribution in [3.8, 4) is 23.0 Å². The standard InChI is InChI=1S/C28H32N2O5Si2/c29-21-23-36(31-25-13-5-1-6-14-25,32-26-15-7-2-8-16-26)35-37(24-22-30,33-27-17-9-3-10-18-27)34-28-19-11-4-12-20-28/h1-20H,21-24,29-30H2. The van der Waals surface area contributed by atoms with Crippen molar-refractivity contribution in [2.24, 2.45) is 11.5 Å². The van der Waals surface area contributed by atoms with Crippen molar-refractivity contribution >= 4 is 17.6 Å². The maximum Gasteiger partial charge on any atom is 0.627 e. The molecule has 7 nitrogen and oxygen atoms in total. The van der Waals surface area contributed by atoms with Crippen molar-refractivity contribution in [1.82, 2.24) is 0 Å². The minimum atomic E-state index is -3.63. The fraction of sp³-hybridized carbons (Fsp3) is 0.143. The maximum atomic E-state index is 6.95. The molecule has 0 spiro atoms. The third-order valence-electron chi connectivity index (χ3n) is 5.28. The molecule has 37 heavy (non-hydrogen) atoms. The van der Waals surface area contributed by atoms with Gasteiger partial charge in [0, 0.05) is 0 Å². The monoisotopic (exact) mass is 532 g/mol. The Morgan fingerprint density at radius 2 is 0.649 bits per heavy atom. The van der Waals surface area contributed by atoms with E-state index in [1.165, 1.54) is 0 Å². The molecule has 0 saturated heterocycles. The average Bonchev–Trinajstić information content (AvgIpc) is 2.91. The molecule has 4 rings (SSSR count). The lowest BCUT2D eigenvalue weighted by Gasteiger charge is -2.38. The van der Waals surface area contributed by atoms with Crippen LogP contribution in [-0.2, 0) is 4.12 Å². The van der Waals surface area contributed by atoms with E-state index < -0.39 is 17.6 Å². The highest BCUT2D eigenvalue weighted by Gasteiger charge is 2.59. The molecule has 0 aliphatic heterocycles. The second-order valence-electron chi connectivity index (χ2n) is 8.21. The van der Waals surface area contributed by atoms with E-state index in [2.05, 4.69) is 0 Å². The van der Waals surface area contributed by atoms with Crippen LogP contribution < -0.4 is 29.2 Å². The van der Waals surface area contributed by atoms with E-state index in [0.29, 0.717) is 35.1 Å². The van der Waals surface area contributed by atoms with Gasteiger partial charge < -0.3 is 33.3 Å². The smallest absolute Gasteiger partial charge is 0.492 e. The van der Waals surface area contributed by atoms with Gasteiger partial charge in [-0.25, -0.2) is 0 Å². The van der Waals surface area contributed by atoms with Gasteiger partial charge in [0.2, 0.25) is 0 Å². The molecule has 4 aromatic rings. The number of nitrogens with two attached hydrogens (primary N) is 2. The van der Waals surface area contributed by atoms with E-state index >= 15 is 0 Å². The van der Waals surface area contributed by atoms with Crippen molar-refractivity contribution in [3.63, 3.8) is 0 Å². The fourth-order valence-electron chi connectivity index (χ4n) is 3.69. The highest BCUT2D eigenvalue weighted by atomic mass is 28.5. The van der Waals surface area contributed by atoms with Crippen LogP contribution in [0.1, 0.15) is 0 Å². The quantitative estimate of drug-likeness (QED) is 0.218. The van der Waals surface area contributed by atoms with Crippen molar-refractivity contribution in [2.75, 3.05) is 13.1 Å². The van der Waals surface area contributed by atoms with Crippen molar-refractivity contribution < 1.29 is 21.8 Å². The van der Waals surface area contributed by atoms with Gasteiger partial charge in [0.05, 0.1) is 12.1 Å². The molecule has 0 saturated carbocycles. The lowest BCUT2D eigenvalue weighted by molar-refractivity contribution is 0.180. The molecule has 0 radical (unpaired) electrons. The molecule has 0 heterocycles. The summed E-state index contributed by atoms with van der Waals surface area (Å²) in [6.07, 6.45) is 0. The Kier molecular flexibility index (Phi) is 9.36. The van der Waals surface area contributed by atoms with Crippen molar-refractivity contribution in [1.29, 1.82) is 0 Å². The van der Waals surface area contributed by atoms with E-state index in [1.807, 2.05) is 121 Å².